The first-order valence-electron chi connectivity index (χ1n) is 10.3. The van der Waals surface area contributed by atoms with E-state index in [2.05, 4.69) is 22.4 Å². The monoisotopic (exact) mass is 513 g/mol. The molecule has 172 valence electrons. The van der Waals surface area contributed by atoms with Crippen LogP contribution in [0.1, 0.15) is 30.4 Å². The molecule has 2 N–H and O–H groups in total. The highest BCUT2D eigenvalue weighted by atomic mass is 35.5. The Kier molecular flexibility index (Phi) is 9.49. The van der Waals surface area contributed by atoms with Crippen molar-refractivity contribution in [1.82, 2.24) is 4.98 Å². The molecule has 1 aliphatic carbocycles. The number of halogens is 2. The number of aliphatic hydroxyl groups excluding tert-OH is 1. The molecule has 1 aliphatic rings. The minimum atomic E-state index is -1.38. The molecular formula is C23H25Cl2NO4S2. The summed E-state index contributed by atoms with van der Waals surface area (Å²) in [7, 11) is 0. The van der Waals surface area contributed by atoms with Gasteiger partial charge < -0.3 is 14.9 Å². The Balaban J connectivity index is 1.61. The Hall–Kier alpha value is -1.51. The number of aryl methyl sites for hydroxylation is 1. The zero-order valence-corrected chi connectivity index (χ0v) is 20.5. The van der Waals surface area contributed by atoms with Crippen molar-refractivity contribution in [2.45, 2.75) is 41.5 Å². The number of hydrogen-bond acceptors (Lipinski definition) is 6. The van der Waals surface area contributed by atoms with Gasteiger partial charge in [-0.25, -0.2) is 4.79 Å². The van der Waals surface area contributed by atoms with E-state index >= 15 is 0 Å². The summed E-state index contributed by atoms with van der Waals surface area (Å²) in [5.74, 6) is 0.931. The number of carbonyl (C=O) groups is 1. The minimum Gasteiger partial charge on any atom is -0.449 e. The number of alkyl halides is 1. The van der Waals surface area contributed by atoms with Gasteiger partial charge in [0.05, 0.1) is 11.5 Å². The molecule has 2 aromatic rings. The van der Waals surface area contributed by atoms with Crippen LogP contribution < -0.4 is 4.74 Å². The fourth-order valence-corrected chi connectivity index (χ4v) is 6.44. The van der Waals surface area contributed by atoms with E-state index in [-0.39, 0.29) is 23.1 Å². The molecule has 1 aromatic carbocycles. The molecule has 0 amide bonds. The number of ether oxygens (including phenoxy) is 1. The van der Waals surface area contributed by atoms with Crippen molar-refractivity contribution in [1.29, 1.82) is 0 Å². The van der Waals surface area contributed by atoms with Crippen LogP contribution in [-0.2, 0) is 6.42 Å². The number of aliphatic hydroxyl groups is 1. The maximum absolute atomic E-state index is 10.6. The lowest BCUT2D eigenvalue weighted by Crippen LogP contribution is -2.19. The van der Waals surface area contributed by atoms with Gasteiger partial charge in [-0.05, 0) is 54.9 Å². The predicted molar refractivity (Wildman–Crippen MR) is 132 cm³/mol. The molecule has 0 aliphatic heterocycles. The second-order valence-corrected chi connectivity index (χ2v) is 10.8. The molecule has 1 saturated carbocycles. The van der Waals surface area contributed by atoms with Gasteiger partial charge in [-0.15, -0.1) is 29.5 Å². The van der Waals surface area contributed by atoms with Crippen molar-refractivity contribution in [3.8, 4) is 5.88 Å². The summed E-state index contributed by atoms with van der Waals surface area (Å²) < 4.78 is 5.30. The lowest BCUT2D eigenvalue weighted by molar-refractivity contribution is 0.141. The predicted octanol–water partition coefficient (Wildman–Crippen LogP) is 6.77. The van der Waals surface area contributed by atoms with E-state index in [1.54, 1.807) is 5.38 Å². The summed E-state index contributed by atoms with van der Waals surface area (Å²) in [6, 6.07) is 5.99. The summed E-state index contributed by atoms with van der Waals surface area (Å²) in [5.41, 5.74) is 2.16. The van der Waals surface area contributed by atoms with Crippen molar-refractivity contribution in [3.05, 3.63) is 58.5 Å². The van der Waals surface area contributed by atoms with Crippen LogP contribution in [0.15, 0.2) is 46.6 Å². The number of carboxylic acid groups (broad SMARTS) is 1. The minimum absolute atomic E-state index is 0.0455. The van der Waals surface area contributed by atoms with E-state index in [0.717, 1.165) is 40.5 Å². The quantitative estimate of drug-likeness (QED) is 0.158. The maximum Gasteiger partial charge on any atom is 0.512 e. The van der Waals surface area contributed by atoms with Crippen LogP contribution in [0.25, 0.3) is 6.08 Å². The first-order valence-corrected chi connectivity index (χ1v) is 12.9. The second-order valence-electron chi connectivity index (χ2n) is 7.60. The number of allylic oxidation sites excluding steroid dienone is 1. The number of thioether (sulfide) groups is 1. The lowest BCUT2D eigenvalue weighted by atomic mass is 9.91. The molecule has 1 aromatic heterocycles. The van der Waals surface area contributed by atoms with Gasteiger partial charge in [-0.3, -0.25) is 0 Å². The van der Waals surface area contributed by atoms with Crippen LogP contribution in [0.3, 0.4) is 0 Å². The first-order chi connectivity index (χ1) is 15.4. The third-order valence-corrected chi connectivity index (χ3v) is 8.08. The van der Waals surface area contributed by atoms with Gasteiger partial charge in [0.2, 0.25) is 5.88 Å². The zero-order chi connectivity index (χ0) is 23.1. The Morgan fingerprint density at radius 1 is 1.41 bits per heavy atom. The van der Waals surface area contributed by atoms with Crippen LogP contribution in [0.2, 0.25) is 5.02 Å². The molecule has 1 fully saturated rings. The van der Waals surface area contributed by atoms with Crippen molar-refractivity contribution in [2.24, 2.45) is 11.8 Å². The van der Waals surface area contributed by atoms with Crippen molar-refractivity contribution in [2.75, 3.05) is 5.75 Å². The van der Waals surface area contributed by atoms with Crippen LogP contribution >= 0.6 is 46.3 Å². The molecule has 1 heterocycles. The van der Waals surface area contributed by atoms with Crippen molar-refractivity contribution < 1.29 is 19.7 Å². The van der Waals surface area contributed by atoms with E-state index in [9.17, 15) is 9.90 Å². The molecule has 4 atom stereocenters. The molecule has 5 nitrogen and oxygen atoms in total. The fourth-order valence-electron chi connectivity index (χ4n) is 3.87. The van der Waals surface area contributed by atoms with Crippen molar-refractivity contribution >= 4 is 58.5 Å². The van der Waals surface area contributed by atoms with Gasteiger partial charge in [0.25, 0.3) is 0 Å². The Morgan fingerprint density at radius 3 is 2.97 bits per heavy atom. The van der Waals surface area contributed by atoms with E-state index in [1.807, 2.05) is 30.4 Å². The first kappa shape index (κ1) is 25.1. The SMILES string of the molecule is C=CCCc1cc(Cl)cc(/C=C/[C@@H]2[C@@H](CCSc3nc(OC(=O)O)cs3)[C@H](Cl)C[C@H]2O)c1. The molecule has 0 bridgehead atoms. The Bertz CT molecular complexity index is 965. The zero-order valence-electron chi connectivity index (χ0n) is 17.3. The number of thiazole rings is 1. The maximum atomic E-state index is 10.6. The molecule has 9 heteroatoms. The number of benzene rings is 1. The second kappa shape index (κ2) is 12.1. The fraction of sp³-hybridized carbons (Fsp3) is 0.391. The van der Waals surface area contributed by atoms with Gasteiger partial charge in [0, 0.05) is 22.1 Å². The van der Waals surface area contributed by atoms with Crippen LogP contribution in [0.4, 0.5) is 4.79 Å². The highest BCUT2D eigenvalue weighted by Gasteiger charge is 2.39. The van der Waals surface area contributed by atoms with E-state index in [0.29, 0.717) is 11.4 Å². The lowest BCUT2D eigenvalue weighted by Gasteiger charge is -2.20. The number of hydrogen-bond donors (Lipinski definition) is 2. The van der Waals surface area contributed by atoms with Gasteiger partial charge in [-0.2, -0.15) is 4.98 Å². The van der Waals surface area contributed by atoms with Crippen molar-refractivity contribution in [3.63, 3.8) is 0 Å². The third kappa shape index (κ3) is 7.25. The van der Waals surface area contributed by atoms with Crippen LogP contribution in [-0.4, -0.2) is 38.6 Å². The Morgan fingerprint density at radius 2 is 2.22 bits per heavy atom. The van der Waals surface area contributed by atoms with Gasteiger partial charge in [0.15, 0.2) is 4.34 Å². The van der Waals surface area contributed by atoms with Gasteiger partial charge in [0.1, 0.15) is 0 Å². The number of nitrogens with zero attached hydrogens (tertiary/aromatic N) is 1. The van der Waals surface area contributed by atoms with Gasteiger partial charge >= 0.3 is 6.16 Å². The molecule has 0 unspecified atom stereocenters. The molecule has 0 radical (unpaired) electrons. The number of aromatic nitrogens is 1. The number of rotatable bonds is 10. The average molecular weight is 514 g/mol. The molecule has 3 rings (SSSR count). The van der Waals surface area contributed by atoms with E-state index < -0.39 is 12.3 Å². The van der Waals surface area contributed by atoms with Crippen LogP contribution in [0.5, 0.6) is 5.88 Å². The molecule has 32 heavy (non-hydrogen) atoms. The summed E-state index contributed by atoms with van der Waals surface area (Å²) in [6.07, 6.45) is 7.23. The molecular weight excluding hydrogens is 489 g/mol. The smallest absolute Gasteiger partial charge is 0.449 e. The summed E-state index contributed by atoms with van der Waals surface area (Å²) >= 11 is 15.7. The van der Waals surface area contributed by atoms with Gasteiger partial charge in [-0.1, -0.05) is 47.7 Å². The summed E-state index contributed by atoms with van der Waals surface area (Å²) in [4.78, 5) is 14.7. The van der Waals surface area contributed by atoms with E-state index in [4.69, 9.17) is 28.3 Å². The average Bonchev–Trinajstić information content (AvgIpc) is 3.27. The topological polar surface area (TPSA) is 79.7 Å². The largest absolute Gasteiger partial charge is 0.512 e. The van der Waals surface area contributed by atoms with Crippen LogP contribution in [0, 0.1) is 11.8 Å². The highest BCUT2D eigenvalue weighted by molar-refractivity contribution is 8.01. The summed E-state index contributed by atoms with van der Waals surface area (Å²) in [6.45, 7) is 3.77. The normalized spacial score (nSPS) is 23.0. The highest BCUT2D eigenvalue weighted by Crippen LogP contribution is 2.41. The molecule has 0 spiro atoms. The summed E-state index contributed by atoms with van der Waals surface area (Å²) in [5, 5.41) is 21.4. The third-order valence-electron chi connectivity index (χ3n) is 5.33. The Labute approximate surface area is 206 Å². The van der Waals surface area contributed by atoms with E-state index in [1.165, 1.54) is 23.1 Å². The standard InChI is InChI=1S/C23H25Cl2NO4S2/c1-2-3-4-14-9-15(11-16(24)10-14)5-6-18-17(19(25)12-20(18)27)7-8-31-22-26-21(13-32-22)30-23(28)29/h2,5-6,9-11,13,17-20,27H,1,3-4,7-8,12H2,(H,28,29)/b6-5+/t17-,18-,19-,20-/m1/s1. The molecule has 0 saturated heterocycles.